The van der Waals surface area contributed by atoms with Gasteiger partial charge in [-0.15, -0.1) is 11.3 Å². The minimum Gasteiger partial charge on any atom is -0.384 e. The molecular weight excluding hydrogens is 230 g/mol. The standard InChI is InChI=1S/C14H19NOS/c1-11(13-5-6-13)15(2)9-14-8-12(10-17-14)4-3-7-16/h8,10-11,13,16H,5-7,9H2,1-2H3. The molecular formula is C14H19NOS. The van der Waals surface area contributed by atoms with E-state index in [1.807, 2.05) is 0 Å². The van der Waals surface area contributed by atoms with Crippen molar-refractivity contribution in [2.24, 2.45) is 5.92 Å². The lowest BCUT2D eigenvalue weighted by molar-refractivity contribution is 0.228. The van der Waals surface area contributed by atoms with Gasteiger partial charge in [0.25, 0.3) is 0 Å². The van der Waals surface area contributed by atoms with Gasteiger partial charge in [0, 0.05) is 28.4 Å². The molecule has 1 aromatic heterocycles. The number of hydrogen-bond donors (Lipinski definition) is 1. The topological polar surface area (TPSA) is 23.5 Å². The molecule has 2 rings (SSSR count). The van der Waals surface area contributed by atoms with Gasteiger partial charge < -0.3 is 5.11 Å². The van der Waals surface area contributed by atoms with Crippen molar-refractivity contribution >= 4 is 11.3 Å². The van der Waals surface area contributed by atoms with Crippen LogP contribution in [0.15, 0.2) is 11.4 Å². The number of rotatable bonds is 4. The zero-order chi connectivity index (χ0) is 12.3. The normalized spacial score (nSPS) is 16.7. The van der Waals surface area contributed by atoms with Crippen LogP contribution < -0.4 is 0 Å². The van der Waals surface area contributed by atoms with Crippen molar-refractivity contribution in [2.75, 3.05) is 13.7 Å². The van der Waals surface area contributed by atoms with Crippen LogP contribution >= 0.6 is 11.3 Å². The molecule has 92 valence electrons. The first-order valence-corrected chi connectivity index (χ1v) is 6.96. The Balaban J connectivity index is 1.91. The minimum absolute atomic E-state index is 0.0657. The molecule has 1 fully saturated rings. The highest BCUT2D eigenvalue weighted by Crippen LogP contribution is 2.35. The number of aliphatic hydroxyl groups is 1. The van der Waals surface area contributed by atoms with Crippen LogP contribution in [-0.2, 0) is 6.54 Å². The van der Waals surface area contributed by atoms with Gasteiger partial charge in [-0.05, 0) is 38.8 Å². The molecule has 17 heavy (non-hydrogen) atoms. The first-order valence-electron chi connectivity index (χ1n) is 6.08. The Bertz CT molecular complexity index is 425. The fourth-order valence-electron chi connectivity index (χ4n) is 2.00. The van der Waals surface area contributed by atoms with Gasteiger partial charge in [0.2, 0.25) is 0 Å². The third-order valence-corrected chi connectivity index (χ3v) is 4.29. The molecule has 0 amide bonds. The first kappa shape index (κ1) is 12.6. The van der Waals surface area contributed by atoms with Gasteiger partial charge >= 0.3 is 0 Å². The number of nitrogens with zero attached hydrogens (tertiary/aromatic N) is 1. The van der Waals surface area contributed by atoms with Crippen LogP contribution in [0.3, 0.4) is 0 Å². The molecule has 2 nitrogen and oxygen atoms in total. The average molecular weight is 249 g/mol. The van der Waals surface area contributed by atoms with E-state index in [0.29, 0.717) is 6.04 Å². The lowest BCUT2D eigenvalue weighted by Gasteiger charge is -2.23. The molecule has 1 aliphatic rings. The van der Waals surface area contributed by atoms with Crippen LogP contribution in [0.25, 0.3) is 0 Å². The number of hydrogen-bond acceptors (Lipinski definition) is 3. The maximum Gasteiger partial charge on any atom is 0.104 e. The SMILES string of the molecule is CC(C1CC1)N(C)Cc1cc(C#CCO)cs1. The maximum absolute atomic E-state index is 8.64. The Morgan fingerprint density at radius 1 is 1.59 bits per heavy atom. The summed E-state index contributed by atoms with van der Waals surface area (Å²) in [4.78, 5) is 3.77. The van der Waals surface area contributed by atoms with E-state index in [1.54, 1.807) is 11.3 Å². The summed E-state index contributed by atoms with van der Waals surface area (Å²) >= 11 is 1.75. The molecule has 1 unspecified atom stereocenters. The summed E-state index contributed by atoms with van der Waals surface area (Å²) in [5.41, 5.74) is 1.02. The smallest absolute Gasteiger partial charge is 0.104 e. The van der Waals surface area contributed by atoms with Crippen LogP contribution in [0.1, 0.15) is 30.2 Å². The quantitative estimate of drug-likeness (QED) is 0.828. The monoisotopic (exact) mass is 249 g/mol. The maximum atomic E-state index is 8.64. The van der Waals surface area contributed by atoms with E-state index in [9.17, 15) is 0 Å². The summed E-state index contributed by atoms with van der Waals surface area (Å²) in [7, 11) is 2.20. The van der Waals surface area contributed by atoms with E-state index in [4.69, 9.17) is 5.11 Å². The van der Waals surface area contributed by atoms with Gasteiger partial charge in [-0.3, -0.25) is 4.90 Å². The molecule has 1 saturated carbocycles. The van der Waals surface area contributed by atoms with Crippen LogP contribution in [0.2, 0.25) is 0 Å². The van der Waals surface area contributed by atoms with E-state index >= 15 is 0 Å². The Morgan fingerprint density at radius 3 is 3.00 bits per heavy atom. The third kappa shape index (κ3) is 3.57. The molecule has 3 heteroatoms. The van der Waals surface area contributed by atoms with Gasteiger partial charge in [-0.25, -0.2) is 0 Å². The molecule has 1 N–H and O–H groups in total. The van der Waals surface area contributed by atoms with Gasteiger partial charge in [0.05, 0.1) is 0 Å². The first-order chi connectivity index (χ1) is 8.20. The second kappa shape index (κ2) is 5.68. The molecule has 0 bridgehead atoms. The van der Waals surface area contributed by atoms with E-state index in [2.05, 4.69) is 42.2 Å². The molecule has 0 aliphatic heterocycles. The Labute approximate surface area is 107 Å². The highest BCUT2D eigenvalue weighted by molar-refractivity contribution is 7.10. The molecule has 1 heterocycles. The lowest BCUT2D eigenvalue weighted by atomic mass is 10.2. The Hall–Kier alpha value is -0.820. The summed E-state index contributed by atoms with van der Waals surface area (Å²) in [5, 5.41) is 10.7. The number of thiophene rings is 1. The molecule has 1 aromatic rings. The van der Waals surface area contributed by atoms with E-state index in [-0.39, 0.29) is 6.61 Å². The highest BCUT2D eigenvalue weighted by Gasteiger charge is 2.30. The largest absolute Gasteiger partial charge is 0.384 e. The Morgan fingerprint density at radius 2 is 2.35 bits per heavy atom. The second-order valence-corrected chi connectivity index (χ2v) is 5.75. The highest BCUT2D eigenvalue weighted by atomic mass is 32.1. The molecule has 1 aliphatic carbocycles. The van der Waals surface area contributed by atoms with Crippen molar-refractivity contribution in [1.82, 2.24) is 4.90 Å². The zero-order valence-electron chi connectivity index (χ0n) is 10.4. The van der Waals surface area contributed by atoms with Crippen molar-refractivity contribution in [3.63, 3.8) is 0 Å². The Kier molecular flexibility index (Phi) is 4.22. The predicted molar refractivity (Wildman–Crippen MR) is 71.9 cm³/mol. The van der Waals surface area contributed by atoms with Crippen molar-refractivity contribution in [1.29, 1.82) is 0 Å². The van der Waals surface area contributed by atoms with Crippen LogP contribution in [0.4, 0.5) is 0 Å². The minimum atomic E-state index is -0.0657. The van der Waals surface area contributed by atoms with Crippen LogP contribution in [-0.4, -0.2) is 29.7 Å². The summed E-state index contributed by atoms with van der Waals surface area (Å²) in [6, 6.07) is 2.81. The molecule has 0 saturated heterocycles. The molecule has 0 radical (unpaired) electrons. The summed E-state index contributed by atoms with van der Waals surface area (Å²) in [6.07, 6.45) is 2.78. The summed E-state index contributed by atoms with van der Waals surface area (Å²) in [5.74, 6) is 6.54. The van der Waals surface area contributed by atoms with Crippen LogP contribution in [0.5, 0.6) is 0 Å². The van der Waals surface area contributed by atoms with E-state index in [0.717, 1.165) is 18.0 Å². The lowest BCUT2D eigenvalue weighted by Crippen LogP contribution is -2.29. The van der Waals surface area contributed by atoms with Crippen molar-refractivity contribution < 1.29 is 5.11 Å². The molecule has 1 atom stereocenters. The fourth-order valence-corrected chi connectivity index (χ4v) is 2.88. The fraction of sp³-hybridized carbons (Fsp3) is 0.571. The third-order valence-electron chi connectivity index (χ3n) is 3.37. The van der Waals surface area contributed by atoms with Crippen molar-refractivity contribution in [3.8, 4) is 11.8 Å². The van der Waals surface area contributed by atoms with Gasteiger partial charge in [-0.2, -0.15) is 0 Å². The van der Waals surface area contributed by atoms with Gasteiger partial charge in [0.15, 0.2) is 0 Å². The second-order valence-electron chi connectivity index (χ2n) is 4.75. The molecule has 0 aromatic carbocycles. The van der Waals surface area contributed by atoms with Gasteiger partial charge in [0.1, 0.15) is 6.61 Å². The van der Waals surface area contributed by atoms with E-state index < -0.39 is 0 Å². The average Bonchev–Trinajstić information content (AvgIpc) is 3.08. The van der Waals surface area contributed by atoms with E-state index in [1.165, 1.54) is 17.7 Å². The summed E-state index contributed by atoms with van der Waals surface area (Å²) in [6.45, 7) is 3.25. The van der Waals surface area contributed by atoms with Crippen molar-refractivity contribution in [3.05, 3.63) is 21.9 Å². The van der Waals surface area contributed by atoms with Crippen LogP contribution in [0, 0.1) is 17.8 Å². The summed E-state index contributed by atoms with van der Waals surface area (Å²) < 4.78 is 0. The zero-order valence-corrected chi connectivity index (χ0v) is 11.3. The van der Waals surface area contributed by atoms with Crippen molar-refractivity contribution in [2.45, 2.75) is 32.4 Å². The number of aliphatic hydroxyl groups excluding tert-OH is 1. The predicted octanol–water partition coefficient (Wildman–Crippen LogP) is 2.32. The molecule has 0 spiro atoms. The van der Waals surface area contributed by atoms with Gasteiger partial charge in [-0.1, -0.05) is 11.8 Å².